The van der Waals surface area contributed by atoms with Crippen molar-refractivity contribution in [2.75, 3.05) is 20.8 Å². The van der Waals surface area contributed by atoms with E-state index in [0.717, 1.165) is 37.2 Å². The van der Waals surface area contributed by atoms with E-state index in [0.29, 0.717) is 18.4 Å². The molecule has 0 N–H and O–H groups in total. The fraction of sp³-hybridized carbons (Fsp3) is 0.643. The summed E-state index contributed by atoms with van der Waals surface area (Å²) >= 11 is 0. The summed E-state index contributed by atoms with van der Waals surface area (Å²) in [6.45, 7) is 13.9. The monoisotopic (exact) mass is 444 g/mol. The molecule has 1 aromatic carbocycles. The van der Waals surface area contributed by atoms with Crippen molar-refractivity contribution in [3.05, 3.63) is 47.2 Å². The predicted octanol–water partition coefficient (Wildman–Crippen LogP) is 7.74. The van der Waals surface area contributed by atoms with Crippen LogP contribution in [-0.2, 0) is 9.47 Å². The minimum Gasteiger partial charge on any atom is -0.505 e. The van der Waals surface area contributed by atoms with Gasteiger partial charge in [0.05, 0.1) is 20.0 Å². The van der Waals surface area contributed by atoms with Gasteiger partial charge < -0.3 is 18.9 Å². The van der Waals surface area contributed by atoms with Crippen molar-refractivity contribution >= 4 is 0 Å². The number of hydrogen-bond donors (Lipinski definition) is 0. The van der Waals surface area contributed by atoms with Crippen LogP contribution in [0.5, 0.6) is 11.5 Å². The number of ether oxygens (including phenoxy) is 4. The van der Waals surface area contributed by atoms with Crippen molar-refractivity contribution in [3.8, 4) is 11.5 Å². The van der Waals surface area contributed by atoms with Crippen molar-refractivity contribution in [1.82, 2.24) is 0 Å². The van der Waals surface area contributed by atoms with E-state index < -0.39 is 5.79 Å². The Labute approximate surface area is 196 Å². The summed E-state index contributed by atoms with van der Waals surface area (Å²) in [5.41, 5.74) is 3.83. The van der Waals surface area contributed by atoms with Crippen molar-refractivity contribution < 1.29 is 18.9 Å². The second-order valence-corrected chi connectivity index (χ2v) is 9.46. The van der Waals surface area contributed by atoms with E-state index in [1.54, 1.807) is 20.5 Å². The maximum Gasteiger partial charge on any atom is 0.211 e. The van der Waals surface area contributed by atoms with Gasteiger partial charge in [-0.3, -0.25) is 0 Å². The Balaban J connectivity index is 2.34. The molecule has 0 spiro atoms. The zero-order valence-corrected chi connectivity index (χ0v) is 21.5. The summed E-state index contributed by atoms with van der Waals surface area (Å²) < 4.78 is 23.7. The summed E-state index contributed by atoms with van der Waals surface area (Å²) in [5.74, 6) is 2.49. The van der Waals surface area contributed by atoms with Gasteiger partial charge in [-0.25, -0.2) is 0 Å². The van der Waals surface area contributed by atoms with Crippen LogP contribution in [0.25, 0.3) is 0 Å². The van der Waals surface area contributed by atoms with E-state index in [1.807, 2.05) is 13.0 Å². The Morgan fingerprint density at radius 2 is 1.97 bits per heavy atom. The molecule has 4 unspecified atom stereocenters. The number of benzene rings is 1. The molecule has 0 fully saturated rings. The van der Waals surface area contributed by atoms with Crippen LogP contribution in [0.2, 0.25) is 0 Å². The number of hydrogen-bond acceptors (Lipinski definition) is 4. The van der Waals surface area contributed by atoms with Crippen molar-refractivity contribution in [3.63, 3.8) is 0 Å². The first kappa shape index (κ1) is 26.3. The van der Waals surface area contributed by atoms with Crippen LogP contribution in [-0.4, -0.2) is 26.6 Å². The van der Waals surface area contributed by atoms with Gasteiger partial charge in [-0.1, -0.05) is 32.4 Å². The SMILES string of the molecule is CCOc1cc(C(C)C(C)CCC=C(C)C)cc2c1C(C)CC(CCC=COC)(OC)O2. The van der Waals surface area contributed by atoms with Gasteiger partial charge in [0.2, 0.25) is 5.79 Å². The van der Waals surface area contributed by atoms with Crippen molar-refractivity contribution in [2.24, 2.45) is 5.92 Å². The summed E-state index contributed by atoms with van der Waals surface area (Å²) in [6.07, 6.45) is 10.7. The Kier molecular flexibility index (Phi) is 10.1. The van der Waals surface area contributed by atoms with Gasteiger partial charge in [0.15, 0.2) is 0 Å². The van der Waals surface area contributed by atoms with Gasteiger partial charge in [-0.2, -0.15) is 0 Å². The average molecular weight is 445 g/mol. The van der Waals surface area contributed by atoms with E-state index in [-0.39, 0.29) is 5.92 Å². The molecule has 4 heteroatoms. The molecule has 0 radical (unpaired) electrons. The Hall–Kier alpha value is -1.94. The minimum atomic E-state index is -0.634. The predicted molar refractivity (Wildman–Crippen MR) is 133 cm³/mol. The molecule has 0 aliphatic carbocycles. The lowest BCUT2D eigenvalue weighted by atomic mass is 9.82. The third-order valence-electron chi connectivity index (χ3n) is 6.68. The molecule has 0 aromatic heterocycles. The van der Waals surface area contributed by atoms with Crippen LogP contribution in [0.1, 0.15) is 96.6 Å². The fourth-order valence-corrected chi connectivity index (χ4v) is 4.60. The first-order valence-corrected chi connectivity index (χ1v) is 12.1. The molecular formula is C28H44O4. The molecule has 32 heavy (non-hydrogen) atoms. The highest BCUT2D eigenvalue weighted by Crippen LogP contribution is 2.49. The zero-order chi connectivity index (χ0) is 23.7. The lowest BCUT2D eigenvalue weighted by molar-refractivity contribution is -0.183. The quantitative estimate of drug-likeness (QED) is 0.244. The first-order valence-electron chi connectivity index (χ1n) is 12.1. The number of fused-ring (bicyclic) bond motifs is 1. The normalized spacial score (nSPS) is 22.1. The molecule has 1 heterocycles. The summed E-state index contributed by atoms with van der Waals surface area (Å²) in [6, 6.07) is 4.47. The minimum absolute atomic E-state index is 0.283. The van der Waals surface area contributed by atoms with Crippen LogP contribution >= 0.6 is 0 Å². The molecule has 180 valence electrons. The van der Waals surface area contributed by atoms with Crippen LogP contribution < -0.4 is 9.47 Å². The Morgan fingerprint density at radius 3 is 2.59 bits per heavy atom. The highest BCUT2D eigenvalue weighted by molar-refractivity contribution is 5.52. The molecule has 0 saturated heterocycles. The van der Waals surface area contributed by atoms with Gasteiger partial charge in [0, 0.05) is 25.5 Å². The van der Waals surface area contributed by atoms with Gasteiger partial charge in [0.1, 0.15) is 11.5 Å². The van der Waals surface area contributed by atoms with E-state index in [9.17, 15) is 0 Å². The second kappa shape index (κ2) is 12.3. The van der Waals surface area contributed by atoms with Crippen LogP contribution in [0.3, 0.4) is 0 Å². The van der Waals surface area contributed by atoms with E-state index in [1.165, 1.54) is 23.1 Å². The molecule has 2 rings (SSSR count). The van der Waals surface area contributed by atoms with Gasteiger partial charge in [-0.05, 0) is 81.6 Å². The molecule has 4 nitrogen and oxygen atoms in total. The molecule has 0 saturated carbocycles. The molecular weight excluding hydrogens is 400 g/mol. The van der Waals surface area contributed by atoms with Crippen LogP contribution in [0.15, 0.2) is 36.1 Å². The van der Waals surface area contributed by atoms with Crippen LogP contribution in [0, 0.1) is 5.92 Å². The Morgan fingerprint density at radius 1 is 1.22 bits per heavy atom. The lowest BCUT2D eigenvalue weighted by Crippen LogP contribution is -2.42. The highest BCUT2D eigenvalue weighted by atomic mass is 16.7. The average Bonchev–Trinajstić information content (AvgIpc) is 2.75. The van der Waals surface area contributed by atoms with Gasteiger partial charge in [-0.15, -0.1) is 0 Å². The maximum atomic E-state index is 6.60. The molecule has 1 aliphatic heterocycles. The standard InChI is InChI=1S/C28H44O4/c1-9-31-25-17-24(23(6)21(4)14-12-13-20(2)3)18-26-27(25)22(5)19-28(30-8,32-26)15-10-11-16-29-7/h11,13,16-18,21-23H,9-10,12,14-15,19H2,1-8H3. The molecule has 0 amide bonds. The topological polar surface area (TPSA) is 36.9 Å². The number of rotatable bonds is 12. The number of methoxy groups -OCH3 is 2. The zero-order valence-electron chi connectivity index (χ0n) is 21.5. The maximum absolute atomic E-state index is 6.60. The van der Waals surface area contributed by atoms with E-state index >= 15 is 0 Å². The highest BCUT2D eigenvalue weighted by Gasteiger charge is 2.41. The fourth-order valence-electron chi connectivity index (χ4n) is 4.60. The largest absolute Gasteiger partial charge is 0.505 e. The van der Waals surface area contributed by atoms with Crippen LogP contribution in [0.4, 0.5) is 0 Å². The molecule has 0 bridgehead atoms. The Bertz CT molecular complexity index is 778. The third-order valence-corrected chi connectivity index (χ3v) is 6.68. The summed E-state index contributed by atoms with van der Waals surface area (Å²) in [7, 11) is 3.41. The molecule has 1 aliphatic rings. The van der Waals surface area contributed by atoms with Crippen molar-refractivity contribution in [1.29, 1.82) is 0 Å². The van der Waals surface area contributed by atoms with E-state index in [2.05, 4.69) is 52.8 Å². The second-order valence-electron chi connectivity index (χ2n) is 9.46. The lowest BCUT2D eigenvalue weighted by Gasteiger charge is -2.41. The smallest absolute Gasteiger partial charge is 0.211 e. The van der Waals surface area contributed by atoms with E-state index in [4.69, 9.17) is 18.9 Å². The summed E-state index contributed by atoms with van der Waals surface area (Å²) in [4.78, 5) is 0. The third kappa shape index (κ3) is 6.78. The first-order chi connectivity index (χ1) is 15.3. The van der Waals surface area contributed by atoms with Crippen molar-refractivity contribution in [2.45, 2.75) is 91.3 Å². The van der Waals surface area contributed by atoms with Gasteiger partial charge >= 0.3 is 0 Å². The molecule has 4 atom stereocenters. The molecule has 1 aromatic rings. The van der Waals surface area contributed by atoms with Gasteiger partial charge in [0.25, 0.3) is 0 Å². The number of allylic oxidation sites excluding steroid dienone is 3. The summed E-state index contributed by atoms with van der Waals surface area (Å²) in [5, 5.41) is 0.